The predicted octanol–water partition coefficient (Wildman–Crippen LogP) is 1.44. The molecule has 0 bridgehead atoms. The third-order valence-corrected chi connectivity index (χ3v) is 3.55. The van der Waals surface area contributed by atoms with Crippen LogP contribution in [0.4, 0.5) is 15.3 Å². The van der Waals surface area contributed by atoms with Gasteiger partial charge in [-0.3, -0.25) is 0 Å². The van der Waals surface area contributed by atoms with Crippen LogP contribution in [-0.2, 0) is 0 Å². The van der Waals surface area contributed by atoms with Crippen molar-refractivity contribution < 1.29 is 9.59 Å². The summed E-state index contributed by atoms with van der Waals surface area (Å²) >= 11 is 0. The fourth-order valence-corrected chi connectivity index (χ4v) is 2.31. The van der Waals surface area contributed by atoms with Gasteiger partial charge in [0.15, 0.2) is 0 Å². The van der Waals surface area contributed by atoms with E-state index >= 15 is 0 Å². The van der Waals surface area contributed by atoms with Crippen molar-refractivity contribution in [2.24, 2.45) is 0 Å². The number of rotatable bonds is 1. The molecule has 2 rings (SSSR count). The first-order valence-corrected chi connectivity index (χ1v) is 7.17. The third kappa shape index (κ3) is 3.88. The van der Waals surface area contributed by atoms with Crippen LogP contribution >= 0.6 is 0 Å². The van der Waals surface area contributed by atoms with Gasteiger partial charge in [0.1, 0.15) is 0 Å². The molecule has 2 N–H and O–H groups in total. The van der Waals surface area contributed by atoms with E-state index in [0.717, 1.165) is 6.42 Å². The number of urea groups is 2. The Morgan fingerprint density at radius 3 is 2.18 bits per heavy atom. The lowest BCUT2D eigenvalue weighted by atomic mass is 10.2. The van der Waals surface area contributed by atoms with Crippen molar-refractivity contribution in [3.05, 3.63) is 29.8 Å². The Morgan fingerprint density at radius 1 is 1.05 bits per heavy atom. The SMILES string of the molecule is CNC(=O)N1CCCN(C(=O)Nc2ccc(C#N)cc2)CC1. The second kappa shape index (κ2) is 7.31. The van der Waals surface area contributed by atoms with Crippen LogP contribution in [0.1, 0.15) is 12.0 Å². The molecule has 1 heterocycles. The van der Waals surface area contributed by atoms with Crippen molar-refractivity contribution in [1.82, 2.24) is 15.1 Å². The van der Waals surface area contributed by atoms with Crippen molar-refractivity contribution in [2.45, 2.75) is 6.42 Å². The van der Waals surface area contributed by atoms with Crippen LogP contribution < -0.4 is 10.6 Å². The van der Waals surface area contributed by atoms with Crippen LogP contribution in [0.15, 0.2) is 24.3 Å². The van der Waals surface area contributed by atoms with E-state index in [1.807, 2.05) is 6.07 Å². The number of carbonyl (C=O) groups excluding carboxylic acids is 2. The molecular formula is C15H19N5O2. The standard InChI is InChI=1S/C15H19N5O2/c1-17-14(21)19-7-2-8-20(10-9-19)15(22)18-13-5-3-12(11-16)4-6-13/h3-6H,2,7-10H2,1H3,(H,17,21)(H,18,22). The van der Waals surface area contributed by atoms with Crippen molar-refractivity contribution in [3.8, 4) is 6.07 Å². The summed E-state index contributed by atoms with van der Waals surface area (Å²) < 4.78 is 0. The van der Waals surface area contributed by atoms with Gasteiger partial charge >= 0.3 is 12.1 Å². The molecule has 0 radical (unpaired) electrons. The van der Waals surface area contributed by atoms with Gasteiger partial charge < -0.3 is 20.4 Å². The topological polar surface area (TPSA) is 88.5 Å². The van der Waals surface area contributed by atoms with E-state index in [9.17, 15) is 9.59 Å². The van der Waals surface area contributed by atoms with E-state index in [2.05, 4.69) is 10.6 Å². The smallest absolute Gasteiger partial charge is 0.321 e. The fourth-order valence-electron chi connectivity index (χ4n) is 2.31. The van der Waals surface area contributed by atoms with Crippen LogP contribution in [0.3, 0.4) is 0 Å². The zero-order valence-electron chi connectivity index (χ0n) is 12.5. The highest BCUT2D eigenvalue weighted by molar-refractivity contribution is 5.89. The van der Waals surface area contributed by atoms with E-state index in [1.54, 1.807) is 41.1 Å². The molecule has 22 heavy (non-hydrogen) atoms. The average molecular weight is 301 g/mol. The first-order valence-electron chi connectivity index (χ1n) is 7.17. The molecule has 1 aliphatic rings. The number of hydrogen-bond donors (Lipinski definition) is 2. The first kappa shape index (κ1) is 15.6. The van der Waals surface area contributed by atoms with Gasteiger partial charge in [-0.2, -0.15) is 5.26 Å². The molecule has 7 heteroatoms. The number of carbonyl (C=O) groups is 2. The molecule has 4 amide bonds. The molecule has 116 valence electrons. The molecule has 1 aromatic rings. The normalized spacial score (nSPS) is 14.7. The summed E-state index contributed by atoms with van der Waals surface area (Å²) in [6.07, 6.45) is 0.744. The second-order valence-electron chi connectivity index (χ2n) is 5.00. The molecule has 0 spiro atoms. The number of anilines is 1. The van der Waals surface area contributed by atoms with Crippen LogP contribution in [0.25, 0.3) is 0 Å². The van der Waals surface area contributed by atoms with E-state index in [1.165, 1.54) is 0 Å². The number of nitrogens with zero attached hydrogens (tertiary/aromatic N) is 3. The minimum absolute atomic E-state index is 0.116. The summed E-state index contributed by atoms with van der Waals surface area (Å²) in [5, 5.41) is 14.2. The maximum atomic E-state index is 12.3. The van der Waals surface area contributed by atoms with Crippen molar-refractivity contribution in [3.63, 3.8) is 0 Å². The van der Waals surface area contributed by atoms with Gasteiger partial charge in [-0.25, -0.2) is 9.59 Å². The van der Waals surface area contributed by atoms with Crippen LogP contribution in [0, 0.1) is 11.3 Å². The van der Waals surface area contributed by atoms with Gasteiger partial charge in [-0.15, -0.1) is 0 Å². The van der Waals surface area contributed by atoms with Crippen LogP contribution in [0.2, 0.25) is 0 Å². The summed E-state index contributed by atoms with van der Waals surface area (Å²) in [6, 6.07) is 8.44. The Labute approximate surface area is 129 Å². The molecule has 0 unspecified atom stereocenters. The van der Waals surface area contributed by atoms with Crippen molar-refractivity contribution >= 4 is 17.7 Å². The molecule has 1 fully saturated rings. The van der Waals surface area contributed by atoms with E-state index in [-0.39, 0.29) is 12.1 Å². The average Bonchev–Trinajstić information content (AvgIpc) is 2.81. The number of hydrogen-bond acceptors (Lipinski definition) is 3. The molecule has 0 aromatic heterocycles. The van der Waals surface area contributed by atoms with E-state index in [0.29, 0.717) is 37.4 Å². The summed E-state index contributed by atoms with van der Waals surface area (Å²) in [5.41, 5.74) is 1.20. The molecule has 1 aromatic carbocycles. The monoisotopic (exact) mass is 301 g/mol. The largest absolute Gasteiger partial charge is 0.341 e. The van der Waals surface area contributed by atoms with Crippen LogP contribution in [0.5, 0.6) is 0 Å². The summed E-state index contributed by atoms with van der Waals surface area (Å²) in [7, 11) is 1.60. The zero-order chi connectivity index (χ0) is 15.9. The Morgan fingerprint density at radius 2 is 1.64 bits per heavy atom. The van der Waals surface area contributed by atoms with Gasteiger partial charge in [0.2, 0.25) is 0 Å². The molecular weight excluding hydrogens is 282 g/mol. The highest BCUT2D eigenvalue weighted by Crippen LogP contribution is 2.11. The Hall–Kier alpha value is -2.75. The first-order chi connectivity index (χ1) is 10.6. The van der Waals surface area contributed by atoms with E-state index in [4.69, 9.17) is 5.26 Å². The summed E-state index contributed by atoms with van der Waals surface area (Å²) in [5.74, 6) is 0. The van der Waals surface area contributed by atoms with Crippen molar-refractivity contribution in [2.75, 3.05) is 38.5 Å². The summed E-state index contributed by atoms with van der Waals surface area (Å²) in [4.78, 5) is 27.3. The van der Waals surface area contributed by atoms with Gasteiger partial charge in [0, 0.05) is 38.9 Å². The Balaban J connectivity index is 1.92. The van der Waals surface area contributed by atoms with Crippen LogP contribution in [-0.4, -0.2) is 55.1 Å². The molecule has 0 aliphatic carbocycles. The maximum absolute atomic E-state index is 12.3. The molecule has 1 saturated heterocycles. The maximum Gasteiger partial charge on any atom is 0.321 e. The number of benzene rings is 1. The minimum Gasteiger partial charge on any atom is -0.341 e. The Kier molecular flexibility index (Phi) is 5.20. The third-order valence-electron chi connectivity index (χ3n) is 3.55. The highest BCUT2D eigenvalue weighted by Gasteiger charge is 2.21. The highest BCUT2D eigenvalue weighted by atomic mass is 16.2. The number of nitriles is 1. The van der Waals surface area contributed by atoms with Gasteiger partial charge in [0.25, 0.3) is 0 Å². The minimum atomic E-state index is -0.191. The quantitative estimate of drug-likeness (QED) is 0.822. The number of nitrogens with one attached hydrogen (secondary N) is 2. The molecule has 0 saturated carbocycles. The summed E-state index contributed by atoms with van der Waals surface area (Å²) in [6.45, 7) is 2.26. The van der Waals surface area contributed by atoms with Crippen molar-refractivity contribution in [1.29, 1.82) is 5.26 Å². The second-order valence-corrected chi connectivity index (χ2v) is 5.00. The molecule has 0 atom stereocenters. The number of amides is 4. The zero-order valence-corrected chi connectivity index (χ0v) is 12.5. The van der Waals surface area contributed by atoms with E-state index < -0.39 is 0 Å². The van der Waals surface area contributed by atoms with Gasteiger partial charge in [-0.05, 0) is 30.7 Å². The lowest BCUT2D eigenvalue weighted by molar-refractivity contribution is 0.198. The predicted molar refractivity (Wildman–Crippen MR) is 82.4 cm³/mol. The van der Waals surface area contributed by atoms with Gasteiger partial charge in [-0.1, -0.05) is 0 Å². The molecule has 7 nitrogen and oxygen atoms in total. The van der Waals surface area contributed by atoms with Gasteiger partial charge in [0.05, 0.1) is 11.6 Å². The Bertz CT molecular complexity index is 579. The molecule has 1 aliphatic heterocycles. The lowest BCUT2D eigenvalue weighted by Gasteiger charge is -2.22. The lowest BCUT2D eigenvalue weighted by Crippen LogP contribution is -2.42. The fraction of sp³-hybridized carbons (Fsp3) is 0.400.